The third-order valence-electron chi connectivity index (χ3n) is 2.45. The molecule has 0 spiro atoms. The van der Waals surface area contributed by atoms with Crippen LogP contribution >= 0.6 is 0 Å². The monoisotopic (exact) mass is 271 g/mol. The quantitative estimate of drug-likeness (QED) is 0.720. The van der Waals surface area contributed by atoms with Gasteiger partial charge in [0.15, 0.2) is 17.6 Å². The molecule has 7 heteroatoms. The van der Waals surface area contributed by atoms with Crippen molar-refractivity contribution in [2.75, 3.05) is 7.11 Å². The zero-order valence-electron chi connectivity index (χ0n) is 10.4. The highest BCUT2D eigenvalue weighted by Gasteiger charge is 2.25. The van der Waals surface area contributed by atoms with Gasteiger partial charge in [-0.3, -0.25) is 4.79 Å². The van der Waals surface area contributed by atoms with Gasteiger partial charge in [0.1, 0.15) is 0 Å². The van der Waals surface area contributed by atoms with Crippen LogP contribution in [0.3, 0.4) is 0 Å². The maximum Gasteiger partial charge on any atom is 0.328 e. The Morgan fingerprint density at radius 3 is 2.47 bits per heavy atom. The zero-order chi connectivity index (χ0) is 14.6. The van der Waals surface area contributed by atoms with Crippen molar-refractivity contribution >= 4 is 11.9 Å². The van der Waals surface area contributed by atoms with Crippen LogP contribution in [0.5, 0.6) is 5.75 Å². The van der Waals surface area contributed by atoms with E-state index in [-0.39, 0.29) is 11.3 Å². The molecule has 0 radical (unpaired) electrons. The minimum atomic E-state index is -1.46. The Labute approximate surface area is 108 Å². The zero-order valence-corrected chi connectivity index (χ0v) is 10.4. The van der Waals surface area contributed by atoms with Crippen molar-refractivity contribution in [1.82, 2.24) is 5.32 Å². The summed E-state index contributed by atoms with van der Waals surface area (Å²) in [5, 5.41) is 20.1. The van der Waals surface area contributed by atoms with Gasteiger partial charge < -0.3 is 20.3 Å². The standard InChI is InChI=1S/C12H14FNO5/c1-6(15)10(12(17)18)14-11(16)7-3-4-9(19-2)8(13)5-7/h3-6,10,15H,1-2H3,(H,14,16)(H,17,18)/t6-,10+/m1/s1. The number of carbonyl (C=O) groups is 2. The summed E-state index contributed by atoms with van der Waals surface area (Å²) in [6.45, 7) is 1.23. The molecule has 0 aliphatic heterocycles. The Morgan fingerprint density at radius 2 is 2.05 bits per heavy atom. The number of carboxylic acids is 1. The lowest BCUT2D eigenvalue weighted by Crippen LogP contribution is -2.47. The molecule has 3 N–H and O–H groups in total. The number of hydrogen-bond acceptors (Lipinski definition) is 4. The molecule has 0 saturated heterocycles. The van der Waals surface area contributed by atoms with Crippen molar-refractivity contribution in [2.24, 2.45) is 0 Å². The van der Waals surface area contributed by atoms with Crippen molar-refractivity contribution in [3.63, 3.8) is 0 Å². The largest absolute Gasteiger partial charge is 0.494 e. The summed E-state index contributed by atoms with van der Waals surface area (Å²) in [7, 11) is 1.28. The van der Waals surface area contributed by atoms with Crippen LogP contribution in [0.1, 0.15) is 17.3 Å². The lowest BCUT2D eigenvalue weighted by atomic mass is 10.1. The molecule has 0 saturated carbocycles. The molecule has 104 valence electrons. The fraction of sp³-hybridized carbons (Fsp3) is 0.333. The van der Waals surface area contributed by atoms with Crippen molar-refractivity contribution in [2.45, 2.75) is 19.1 Å². The lowest BCUT2D eigenvalue weighted by molar-refractivity contribution is -0.141. The SMILES string of the molecule is COc1ccc(C(=O)N[C@H](C(=O)O)[C@@H](C)O)cc1F. The number of aliphatic hydroxyl groups excluding tert-OH is 1. The number of aliphatic hydroxyl groups is 1. The molecule has 0 aromatic heterocycles. The van der Waals surface area contributed by atoms with Crippen LogP contribution in [0.4, 0.5) is 4.39 Å². The number of carbonyl (C=O) groups excluding carboxylic acids is 1. The minimum absolute atomic E-state index is 0.0261. The average molecular weight is 271 g/mol. The van der Waals surface area contributed by atoms with Crippen LogP contribution in [-0.4, -0.2) is 41.3 Å². The van der Waals surface area contributed by atoms with Gasteiger partial charge in [-0.25, -0.2) is 9.18 Å². The van der Waals surface area contributed by atoms with Crippen LogP contribution in [-0.2, 0) is 4.79 Å². The number of amides is 1. The first-order chi connectivity index (χ1) is 8.86. The molecule has 0 aliphatic carbocycles. The Morgan fingerprint density at radius 1 is 1.42 bits per heavy atom. The summed E-state index contributed by atoms with van der Waals surface area (Å²) < 4.78 is 18.1. The first-order valence-corrected chi connectivity index (χ1v) is 5.42. The number of nitrogens with one attached hydrogen (secondary N) is 1. The van der Waals surface area contributed by atoms with E-state index in [0.29, 0.717) is 0 Å². The van der Waals surface area contributed by atoms with Crippen LogP contribution in [0, 0.1) is 5.82 Å². The molecule has 0 fully saturated rings. The van der Waals surface area contributed by atoms with E-state index < -0.39 is 29.8 Å². The smallest absolute Gasteiger partial charge is 0.328 e. The van der Waals surface area contributed by atoms with E-state index in [4.69, 9.17) is 9.84 Å². The molecule has 19 heavy (non-hydrogen) atoms. The van der Waals surface area contributed by atoms with Gasteiger partial charge in [-0.2, -0.15) is 0 Å². The Bertz CT molecular complexity index is 489. The molecular weight excluding hydrogens is 257 g/mol. The first kappa shape index (κ1) is 14.9. The predicted octanol–water partition coefficient (Wildman–Crippen LogP) is 0.398. The van der Waals surface area contributed by atoms with E-state index in [1.165, 1.54) is 26.2 Å². The second kappa shape index (κ2) is 6.14. The summed E-state index contributed by atoms with van der Waals surface area (Å²) in [5.74, 6) is -2.94. The molecule has 1 aromatic carbocycles. The normalized spacial score (nSPS) is 13.5. The average Bonchev–Trinajstić information content (AvgIpc) is 2.34. The van der Waals surface area contributed by atoms with Crippen molar-refractivity contribution in [3.8, 4) is 5.75 Å². The maximum absolute atomic E-state index is 13.4. The molecule has 1 rings (SSSR count). The fourth-order valence-electron chi connectivity index (χ4n) is 1.42. The first-order valence-electron chi connectivity index (χ1n) is 5.42. The third kappa shape index (κ3) is 3.65. The molecular formula is C12H14FNO5. The summed E-state index contributed by atoms with van der Waals surface area (Å²) in [4.78, 5) is 22.5. The van der Waals surface area contributed by atoms with Gasteiger partial charge in [0, 0.05) is 5.56 Å². The number of carboxylic acid groups (broad SMARTS) is 1. The minimum Gasteiger partial charge on any atom is -0.494 e. The van der Waals surface area contributed by atoms with Gasteiger partial charge in [-0.1, -0.05) is 0 Å². The summed E-state index contributed by atoms with van der Waals surface area (Å²) >= 11 is 0. The van der Waals surface area contributed by atoms with E-state index in [9.17, 15) is 19.1 Å². The molecule has 6 nitrogen and oxygen atoms in total. The topological polar surface area (TPSA) is 95.9 Å². The number of hydrogen-bond donors (Lipinski definition) is 3. The van der Waals surface area contributed by atoms with Crippen molar-refractivity contribution in [1.29, 1.82) is 0 Å². The lowest BCUT2D eigenvalue weighted by Gasteiger charge is -2.17. The van der Waals surface area contributed by atoms with Crippen molar-refractivity contribution in [3.05, 3.63) is 29.6 Å². The number of rotatable bonds is 5. The molecule has 1 aromatic rings. The van der Waals surface area contributed by atoms with Gasteiger partial charge in [0.05, 0.1) is 13.2 Å². The Kier molecular flexibility index (Phi) is 4.82. The third-order valence-corrected chi connectivity index (χ3v) is 2.45. The van der Waals surface area contributed by atoms with E-state index in [1.807, 2.05) is 0 Å². The fourth-order valence-corrected chi connectivity index (χ4v) is 1.42. The number of methoxy groups -OCH3 is 1. The highest BCUT2D eigenvalue weighted by Crippen LogP contribution is 2.17. The number of benzene rings is 1. The Hall–Kier alpha value is -2.15. The van der Waals surface area contributed by atoms with Crippen LogP contribution in [0.15, 0.2) is 18.2 Å². The van der Waals surface area contributed by atoms with Gasteiger partial charge in [-0.15, -0.1) is 0 Å². The highest BCUT2D eigenvalue weighted by atomic mass is 19.1. The van der Waals surface area contributed by atoms with Gasteiger partial charge in [0.25, 0.3) is 5.91 Å². The van der Waals surface area contributed by atoms with E-state index in [1.54, 1.807) is 0 Å². The molecule has 0 bridgehead atoms. The molecule has 0 aliphatic rings. The number of ether oxygens (including phenoxy) is 1. The van der Waals surface area contributed by atoms with Gasteiger partial charge in [-0.05, 0) is 25.1 Å². The van der Waals surface area contributed by atoms with Crippen LogP contribution in [0.25, 0.3) is 0 Å². The summed E-state index contributed by atoms with van der Waals surface area (Å²) in [6.07, 6.45) is -1.27. The summed E-state index contributed by atoms with van der Waals surface area (Å²) in [6, 6.07) is 2.01. The van der Waals surface area contributed by atoms with Gasteiger partial charge >= 0.3 is 5.97 Å². The predicted molar refractivity (Wildman–Crippen MR) is 63.5 cm³/mol. The second-order valence-corrected chi connectivity index (χ2v) is 3.88. The molecule has 0 unspecified atom stereocenters. The van der Waals surface area contributed by atoms with Crippen molar-refractivity contribution < 1.29 is 28.9 Å². The van der Waals surface area contributed by atoms with E-state index in [0.717, 1.165) is 6.07 Å². The number of aliphatic carboxylic acids is 1. The van der Waals surface area contributed by atoms with Crippen LogP contribution in [0.2, 0.25) is 0 Å². The Balaban J connectivity index is 2.89. The maximum atomic E-state index is 13.4. The summed E-state index contributed by atoms with van der Waals surface area (Å²) in [5.41, 5.74) is -0.0646. The highest BCUT2D eigenvalue weighted by molar-refractivity contribution is 5.96. The van der Waals surface area contributed by atoms with Gasteiger partial charge in [0.2, 0.25) is 0 Å². The van der Waals surface area contributed by atoms with E-state index >= 15 is 0 Å². The molecule has 1 amide bonds. The number of halogens is 1. The molecule has 0 heterocycles. The van der Waals surface area contributed by atoms with E-state index in [2.05, 4.69) is 5.32 Å². The second-order valence-electron chi connectivity index (χ2n) is 3.88. The molecule has 2 atom stereocenters. The van der Waals surface area contributed by atoms with Crippen LogP contribution < -0.4 is 10.1 Å².